The lowest BCUT2D eigenvalue weighted by Crippen LogP contribution is -2.24. The van der Waals surface area contributed by atoms with E-state index in [0.717, 1.165) is 38.3 Å². The van der Waals surface area contributed by atoms with Crippen molar-refractivity contribution in [3.8, 4) is 5.75 Å². The number of rotatable bonds is 11. The minimum Gasteiger partial charge on any atom is -0.497 e. The van der Waals surface area contributed by atoms with E-state index in [4.69, 9.17) is 13.7 Å². The fraction of sp³-hybridized carbons (Fsp3) is 0.409. The molecular formula is C22H26N4O6S2. The van der Waals surface area contributed by atoms with Crippen molar-refractivity contribution in [1.82, 2.24) is 19.3 Å². The average molecular weight is 507 g/mol. The number of unbranched alkanes of at least 4 members (excludes halogenated alkanes) is 1. The van der Waals surface area contributed by atoms with E-state index in [0.29, 0.717) is 38.1 Å². The molecule has 182 valence electrons. The number of aromatic nitrogens is 4. The minimum atomic E-state index is -3.40. The minimum absolute atomic E-state index is 0.150. The Morgan fingerprint density at radius 2 is 1.97 bits per heavy atom. The standard InChI is InChI=1S/C22H26N4O6S2/c1-25-19-17(12-23-26(22(19)27)13-15-7-6-8-16(11-15)30-2)20-21(25)24-18(33-20)14-31-9-4-5-10-32-34(3,28)29/h6-8,11-12H,4-5,9-10,13-14H2,1-3H3. The predicted octanol–water partition coefficient (Wildman–Crippen LogP) is 2.67. The van der Waals surface area contributed by atoms with Crippen molar-refractivity contribution in [2.45, 2.75) is 26.0 Å². The highest BCUT2D eigenvalue weighted by molar-refractivity contribution is 7.85. The van der Waals surface area contributed by atoms with Gasteiger partial charge in [-0.15, -0.1) is 11.3 Å². The van der Waals surface area contributed by atoms with Crippen molar-refractivity contribution in [1.29, 1.82) is 0 Å². The van der Waals surface area contributed by atoms with Gasteiger partial charge in [0.1, 0.15) is 16.3 Å². The summed E-state index contributed by atoms with van der Waals surface area (Å²) < 4.78 is 41.7. The van der Waals surface area contributed by atoms with Gasteiger partial charge in [-0.05, 0) is 30.5 Å². The third-order valence-electron chi connectivity index (χ3n) is 5.24. The zero-order chi connectivity index (χ0) is 24.3. The molecule has 0 saturated heterocycles. The zero-order valence-corrected chi connectivity index (χ0v) is 20.8. The van der Waals surface area contributed by atoms with E-state index >= 15 is 0 Å². The van der Waals surface area contributed by atoms with Crippen LogP contribution in [0.1, 0.15) is 23.4 Å². The summed E-state index contributed by atoms with van der Waals surface area (Å²) in [4.78, 5) is 17.8. The van der Waals surface area contributed by atoms with Gasteiger partial charge in [-0.25, -0.2) is 9.67 Å². The molecule has 0 aliphatic heterocycles. The average Bonchev–Trinajstić information content (AvgIpc) is 3.33. The van der Waals surface area contributed by atoms with E-state index in [2.05, 4.69) is 10.1 Å². The number of fused-ring (bicyclic) bond motifs is 3. The van der Waals surface area contributed by atoms with Crippen LogP contribution in [0.15, 0.2) is 35.3 Å². The molecule has 3 aromatic heterocycles. The Balaban J connectivity index is 1.45. The summed E-state index contributed by atoms with van der Waals surface area (Å²) in [6.45, 7) is 1.30. The Hall–Kier alpha value is -2.80. The third kappa shape index (κ3) is 5.46. The first-order chi connectivity index (χ1) is 16.3. The van der Waals surface area contributed by atoms with Gasteiger partial charge in [-0.3, -0.25) is 8.98 Å². The molecule has 0 fully saturated rings. The topological polar surface area (TPSA) is 115 Å². The monoisotopic (exact) mass is 506 g/mol. The van der Waals surface area contributed by atoms with E-state index in [1.54, 1.807) is 17.9 Å². The maximum Gasteiger partial charge on any atom is 0.291 e. The summed E-state index contributed by atoms with van der Waals surface area (Å²) in [5.41, 5.74) is 2.02. The van der Waals surface area contributed by atoms with Crippen LogP contribution in [0.5, 0.6) is 5.75 Å². The zero-order valence-electron chi connectivity index (χ0n) is 19.2. The largest absolute Gasteiger partial charge is 0.497 e. The fourth-order valence-electron chi connectivity index (χ4n) is 3.63. The SMILES string of the molecule is COc1cccc(Cn2ncc3c4sc(COCCCCOS(C)(=O)=O)nc4n(C)c3c2=O)c1. The number of hydrogen-bond donors (Lipinski definition) is 0. The van der Waals surface area contributed by atoms with Crippen LogP contribution < -0.4 is 10.3 Å². The molecule has 0 aliphatic rings. The van der Waals surface area contributed by atoms with Gasteiger partial charge in [0.15, 0.2) is 5.65 Å². The molecule has 12 heteroatoms. The molecule has 0 aliphatic carbocycles. The fourth-order valence-corrected chi connectivity index (χ4v) is 5.09. The smallest absolute Gasteiger partial charge is 0.291 e. The number of nitrogens with zero attached hydrogens (tertiary/aromatic N) is 4. The molecule has 1 aromatic carbocycles. The molecule has 4 rings (SSSR count). The van der Waals surface area contributed by atoms with Gasteiger partial charge in [-0.1, -0.05) is 12.1 Å². The number of thiazole rings is 1. The van der Waals surface area contributed by atoms with E-state index in [1.807, 2.05) is 31.3 Å². The van der Waals surface area contributed by atoms with Crippen molar-refractivity contribution in [3.63, 3.8) is 0 Å². The normalized spacial score (nSPS) is 12.1. The summed E-state index contributed by atoms with van der Waals surface area (Å²) in [6, 6.07) is 7.55. The maximum atomic E-state index is 13.2. The molecule has 0 atom stereocenters. The second kappa shape index (κ2) is 10.2. The summed E-state index contributed by atoms with van der Waals surface area (Å²) in [7, 11) is 0.0337. The Morgan fingerprint density at radius 3 is 2.74 bits per heavy atom. The van der Waals surface area contributed by atoms with Gasteiger partial charge in [0.05, 0.1) is 44.0 Å². The third-order valence-corrected chi connectivity index (χ3v) is 6.89. The van der Waals surface area contributed by atoms with Gasteiger partial charge in [-0.2, -0.15) is 13.5 Å². The van der Waals surface area contributed by atoms with Gasteiger partial charge in [0, 0.05) is 19.0 Å². The van der Waals surface area contributed by atoms with E-state index in [1.165, 1.54) is 16.0 Å². The van der Waals surface area contributed by atoms with Crippen LogP contribution in [0.3, 0.4) is 0 Å². The van der Waals surface area contributed by atoms with Crippen molar-refractivity contribution in [2.75, 3.05) is 26.6 Å². The van der Waals surface area contributed by atoms with Crippen molar-refractivity contribution in [2.24, 2.45) is 7.05 Å². The first-order valence-corrected chi connectivity index (χ1v) is 13.3. The molecule has 34 heavy (non-hydrogen) atoms. The molecule has 4 aromatic rings. The van der Waals surface area contributed by atoms with Crippen molar-refractivity contribution in [3.05, 3.63) is 51.4 Å². The Labute approximate surface area is 200 Å². The first kappa shape index (κ1) is 24.3. The molecule has 0 radical (unpaired) electrons. The van der Waals surface area contributed by atoms with Crippen LogP contribution in [0.2, 0.25) is 0 Å². The Morgan fingerprint density at radius 1 is 1.18 bits per heavy atom. The Bertz CT molecular complexity index is 1470. The summed E-state index contributed by atoms with van der Waals surface area (Å²) in [6.07, 6.45) is 4.01. The second-order valence-corrected chi connectivity index (χ2v) is 10.6. The molecule has 0 spiro atoms. The van der Waals surface area contributed by atoms with E-state index in [9.17, 15) is 13.2 Å². The lowest BCUT2D eigenvalue weighted by molar-refractivity contribution is 0.114. The molecule has 0 bridgehead atoms. The van der Waals surface area contributed by atoms with Gasteiger partial charge in [0.25, 0.3) is 15.7 Å². The number of methoxy groups -OCH3 is 1. The molecule has 0 saturated carbocycles. The van der Waals surface area contributed by atoms with Gasteiger partial charge in [0.2, 0.25) is 0 Å². The lowest BCUT2D eigenvalue weighted by atomic mass is 10.2. The molecule has 10 nitrogen and oxygen atoms in total. The van der Waals surface area contributed by atoms with E-state index < -0.39 is 10.1 Å². The highest BCUT2D eigenvalue weighted by atomic mass is 32.2. The lowest BCUT2D eigenvalue weighted by Gasteiger charge is -2.07. The molecule has 3 heterocycles. The number of benzene rings is 1. The highest BCUT2D eigenvalue weighted by Crippen LogP contribution is 2.31. The van der Waals surface area contributed by atoms with Gasteiger partial charge >= 0.3 is 0 Å². The molecule has 0 N–H and O–H groups in total. The quantitative estimate of drug-likeness (QED) is 0.225. The highest BCUT2D eigenvalue weighted by Gasteiger charge is 2.18. The predicted molar refractivity (Wildman–Crippen MR) is 130 cm³/mol. The number of ether oxygens (including phenoxy) is 2. The van der Waals surface area contributed by atoms with Crippen LogP contribution in [-0.4, -0.2) is 54.3 Å². The molecule has 0 unspecified atom stereocenters. The first-order valence-electron chi connectivity index (χ1n) is 10.7. The van der Waals surface area contributed by atoms with Crippen LogP contribution in [0.25, 0.3) is 21.3 Å². The summed E-state index contributed by atoms with van der Waals surface area (Å²) in [5, 5.41) is 5.96. The van der Waals surface area contributed by atoms with Crippen molar-refractivity contribution >= 4 is 42.7 Å². The van der Waals surface area contributed by atoms with Crippen molar-refractivity contribution < 1.29 is 22.1 Å². The van der Waals surface area contributed by atoms with Crippen LogP contribution >= 0.6 is 11.3 Å². The van der Waals surface area contributed by atoms with Gasteiger partial charge < -0.3 is 14.0 Å². The number of aryl methyl sites for hydroxylation is 1. The Kier molecular flexibility index (Phi) is 7.31. The van der Waals surface area contributed by atoms with Crippen LogP contribution in [0.4, 0.5) is 0 Å². The second-order valence-electron chi connectivity index (χ2n) is 7.83. The van der Waals surface area contributed by atoms with Crippen LogP contribution in [0, 0.1) is 0 Å². The maximum absolute atomic E-state index is 13.2. The summed E-state index contributed by atoms with van der Waals surface area (Å²) in [5.74, 6) is 0.729. The number of hydrogen-bond acceptors (Lipinski definition) is 9. The van der Waals surface area contributed by atoms with E-state index in [-0.39, 0.29) is 12.2 Å². The molecular weight excluding hydrogens is 480 g/mol. The summed E-state index contributed by atoms with van der Waals surface area (Å²) >= 11 is 1.48. The molecule has 0 amide bonds. The van der Waals surface area contributed by atoms with Crippen LogP contribution in [-0.2, 0) is 39.2 Å².